The third-order valence-corrected chi connectivity index (χ3v) is 2.67. The Hall–Kier alpha value is -2.17. The van der Waals surface area contributed by atoms with Crippen molar-refractivity contribution in [1.29, 1.82) is 0 Å². The number of pyridine rings is 1. The number of hydrogen-bond acceptors (Lipinski definition) is 4. The maximum Gasteiger partial charge on any atom is 0.323 e. The molecule has 0 saturated carbocycles. The molecule has 0 N–H and O–H groups in total. The van der Waals surface area contributed by atoms with E-state index in [2.05, 4.69) is 9.72 Å². The highest BCUT2D eigenvalue weighted by Gasteiger charge is 2.36. The van der Waals surface area contributed by atoms with Crippen LogP contribution >= 0.6 is 0 Å². The first-order chi connectivity index (χ1) is 7.75. The standard InChI is InChI=1S/C11H8N2O3/c14-10-5-7(11(15)16-10)8-6-12-9-3-1-2-4-13(8)9/h1-4,6-7H,5H2. The molecule has 1 unspecified atom stereocenters. The number of cyclic esters (lactones) is 2. The number of esters is 2. The maximum atomic E-state index is 11.4. The molecule has 1 saturated heterocycles. The van der Waals surface area contributed by atoms with Crippen LogP contribution in [0.3, 0.4) is 0 Å². The molecule has 5 heteroatoms. The highest BCUT2D eigenvalue weighted by Crippen LogP contribution is 2.27. The van der Waals surface area contributed by atoms with Crippen molar-refractivity contribution in [3.8, 4) is 0 Å². The Labute approximate surface area is 90.7 Å². The van der Waals surface area contributed by atoms with E-state index in [-0.39, 0.29) is 6.42 Å². The van der Waals surface area contributed by atoms with Crippen molar-refractivity contribution in [2.24, 2.45) is 0 Å². The van der Waals surface area contributed by atoms with Gasteiger partial charge in [-0.1, -0.05) is 6.07 Å². The second kappa shape index (κ2) is 3.16. The molecule has 1 atom stereocenters. The van der Waals surface area contributed by atoms with Gasteiger partial charge >= 0.3 is 11.9 Å². The second-order valence-electron chi connectivity index (χ2n) is 3.66. The maximum absolute atomic E-state index is 11.4. The summed E-state index contributed by atoms with van der Waals surface area (Å²) in [6, 6.07) is 5.55. The van der Waals surface area contributed by atoms with Crippen LogP contribution in [0, 0.1) is 0 Å². The number of aromatic nitrogens is 2. The fourth-order valence-corrected chi connectivity index (χ4v) is 1.91. The van der Waals surface area contributed by atoms with E-state index in [0.29, 0.717) is 5.69 Å². The van der Waals surface area contributed by atoms with Gasteiger partial charge in [0.15, 0.2) is 0 Å². The lowest BCUT2D eigenvalue weighted by Crippen LogP contribution is -2.08. The van der Waals surface area contributed by atoms with Gasteiger partial charge in [0.2, 0.25) is 0 Å². The molecule has 16 heavy (non-hydrogen) atoms. The largest absolute Gasteiger partial charge is 0.393 e. The zero-order valence-corrected chi connectivity index (χ0v) is 8.29. The zero-order valence-electron chi connectivity index (χ0n) is 8.29. The topological polar surface area (TPSA) is 60.7 Å². The number of rotatable bonds is 1. The molecule has 0 bridgehead atoms. The summed E-state index contributed by atoms with van der Waals surface area (Å²) in [6.45, 7) is 0. The summed E-state index contributed by atoms with van der Waals surface area (Å²) in [5.74, 6) is -1.48. The minimum Gasteiger partial charge on any atom is -0.393 e. The third kappa shape index (κ3) is 1.21. The Balaban J connectivity index is 2.13. The second-order valence-corrected chi connectivity index (χ2v) is 3.66. The van der Waals surface area contributed by atoms with Gasteiger partial charge in [-0.25, -0.2) is 4.98 Å². The van der Waals surface area contributed by atoms with Gasteiger partial charge < -0.3 is 9.14 Å². The van der Waals surface area contributed by atoms with Crippen molar-refractivity contribution in [2.45, 2.75) is 12.3 Å². The summed E-state index contributed by atoms with van der Waals surface area (Å²) in [5, 5.41) is 0. The van der Waals surface area contributed by atoms with E-state index in [9.17, 15) is 9.59 Å². The van der Waals surface area contributed by atoms with Gasteiger partial charge in [0.05, 0.1) is 18.3 Å². The monoisotopic (exact) mass is 216 g/mol. The number of carbonyl (C=O) groups excluding carboxylic acids is 2. The average Bonchev–Trinajstić information content (AvgIpc) is 2.81. The third-order valence-electron chi connectivity index (χ3n) is 2.67. The molecule has 80 valence electrons. The molecule has 0 aliphatic carbocycles. The lowest BCUT2D eigenvalue weighted by molar-refractivity contribution is -0.152. The molecule has 3 rings (SSSR count). The first kappa shape index (κ1) is 9.08. The number of fused-ring (bicyclic) bond motifs is 1. The Bertz CT molecular complexity index is 588. The van der Waals surface area contributed by atoms with Gasteiger partial charge in [0.25, 0.3) is 0 Å². The Kier molecular flexibility index (Phi) is 1.80. The van der Waals surface area contributed by atoms with Crippen molar-refractivity contribution in [1.82, 2.24) is 9.38 Å². The normalized spacial score (nSPS) is 20.4. The molecule has 1 aliphatic heterocycles. The van der Waals surface area contributed by atoms with Crippen molar-refractivity contribution in [2.75, 3.05) is 0 Å². The minimum atomic E-state index is -0.523. The molecule has 2 aromatic heterocycles. The van der Waals surface area contributed by atoms with E-state index in [1.165, 1.54) is 0 Å². The molecular weight excluding hydrogens is 208 g/mol. The first-order valence-electron chi connectivity index (χ1n) is 4.92. The van der Waals surface area contributed by atoms with Gasteiger partial charge in [-0.15, -0.1) is 0 Å². The highest BCUT2D eigenvalue weighted by molar-refractivity contribution is 5.97. The Morgan fingerprint density at radius 1 is 1.38 bits per heavy atom. The molecule has 3 heterocycles. The van der Waals surface area contributed by atoms with Crippen LogP contribution in [0.25, 0.3) is 5.65 Å². The first-order valence-corrected chi connectivity index (χ1v) is 4.92. The van der Waals surface area contributed by atoms with E-state index >= 15 is 0 Å². The molecule has 5 nitrogen and oxygen atoms in total. The van der Waals surface area contributed by atoms with E-state index < -0.39 is 17.9 Å². The van der Waals surface area contributed by atoms with Crippen LogP contribution in [0.2, 0.25) is 0 Å². The van der Waals surface area contributed by atoms with Crippen LogP contribution in [0.5, 0.6) is 0 Å². The van der Waals surface area contributed by atoms with Gasteiger partial charge in [0, 0.05) is 6.20 Å². The Morgan fingerprint density at radius 3 is 3.00 bits per heavy atom. The average molecular weight is 216 g/mol. The SMILES string of the molecule is O=C1CC(c2cnc3ccccn23)C(=O)O1. The smallest absolute Gasteiger partial charge is 0.323 e. The molecule has 1 aliphatic rings. The number of hydrogen-bond donors (Lipinski definition) is 0. The van der Waals surface area contributed by atoms with E-state index in [1.54, 1.807) is 10.6 Å². The lowest BCUT2D eigenvalue weighted by atomic mass is 10.1. The van der Waals surface area contributed by atoms with Crippen LogP contribution < -0.4 is 0 Å². The Morgan fingerprint density at radius 2 is 2.25 bits per heavy atom. The molecule has 0 spiro atoms. The van der Waals surface area contributed by atoms with Crippen LogP contribution in [0.15, 0.2) is 30.6 Å². The number of imidazole rings is 1. The number of nitrogens with zero attached hydrogens (tertiary/aromatic N) is 2. The van der Waals surface area contributed by atoms with Crippen molar-refractivity contribution < 1.29 is 14.3 Å². The van der Waals surface area contributed by atoms with Crippen LogP contribution in [-0.2, 0) is 14.3 Å². The van der Waals surface area contributed by atoms with Crippen LogP contribution in [0.4, 0.5) is 0 Å². The molecule has 0 radical (unpaired) electrons. The molecule has 0 amide bonds. The fourth-order valence-electron chi connectivity index (χ4n) is 1.91. The zero-order chi connectivity index (χ0) is 11.1. The van der Waals surface area contributed by atoms with Gasteiger partial charge in [-0.05, 0) is 12.1 Å². The minimum absolute atomic E-state index is 0.0987. The van der Waals surface area contributed by atoms with Gasteiger partial charge in [-0.2, -0.15) is 0 Å². The summed E-state index contributed by atoms with van der Waals surface area (Å²) in [7, 11) is 0. The molecule has 0 aromatic carbocycles. The predicted octanol–water partition coefficient (Wildman–Crippen LogP) is 0.891. The fraction of sp³-hybridized carbons (Fsp3) is 0.182. The van der Waals surface area contributed by atoms with Crippen LogP contribution in [-0.4, -0.2) is 21.3 Å². The van der Waals surface area contributed by atoms with E-state index in [4.69, 9.17) is 0 Å². The van der Waals surface area contributed by atoms with Crippen LogP contribution in [0.1, 0.15) is 18.0 Å². The van der Waals surface area contributed by atoms with E-state index in [0.717, 1.165) is 5.65 Å². The number of carbonyl (C=O) groups is 2. The van der Waals surface area contributed by atoms with Gasteiger partial charge in [-0.3, -0.25) is 9.59 Å². The summed E-state index contributed by atoms with van der Waals surface area (Å²) >= 11 is 0. The molecule has 2 aromatic rings. The molecular formula is C11H8N2O3. The van der Waals surface area contributed by atoms with Crippen molar-refractivity contribution in [3.05, 3.63) is 36.3 Å². The summed E-state index contributed by atoms with van der Waals surface area (Å²) < 4.78 is 6.32. The summed E-state index contributed by atoms with van der Waals surface area (Å²) in [4.78, 5) is 26.6. The quantitative estimate of drug-likeness (QED) is 0.524. The van der Waals surface area contributed by atoms with E-state index in [1.807, 2.05) is 24.4 Å². The highest BCUT2D eigenvalue weighted by atomic mass is 16.6. The van der Waals surface area contributed by atoms with Crippen molar-refractivity contribution in [3.63, 3.8) is 0 Å². The lowest BCUT2D eigenvalue weighted by Gasteiger charge is -2.03. The summed E-state index contributed by atoms with van der Waals surface area (Å²) in [6.07, 6.45) is 3.52. The number of ether oxygens (including phenoxy) is 1. The predicted molar refractivity (Wildman–Crippen MR) is 53.6 cm³/mol. The van der Waals surface area contributed by atoms with Crippen molar-refractivity contribution >= 4 is 17.6 Å². The molecule has 1 fully saturated rings. The summed E-state index contributed by atoms with van der Waals surface area (Å²) in [5.41, 5.74) is 1.45. The van der Waals surface area contributed by atoms with Gasteiger partial charge in [0.1, 0.15) is 11.6 Å².